The number of benzene rings is 1. The highest BCUT2D eigenvalue weighted by Crippen LogP contribution is 2.42. The summed E-state index contributed by atoms with van der Waals surface area (Å²) < 4.78 is 23.0. The molecule has 4 rings (SSSR count). The van der Waals surface area contributed by atoms with Crippen molar-refractivity contribution < 1.29 is 13.2 Å². The average Bonchev–Trinajstić information content (AvgIpc) is 3.15. The van der Waals surface area contributed by atoms with Gasteiger partial charge >= 0.3 is 0 Å². The van der Waals surface area contributed by atoms with Crippen molar-refractivity contribution in [2.75, 3.05) is 5.32 Å². The van der Waals surface area contributed by atoms with Gasteiger partial charge in [-0.15, -0.1) is 11.3 Å². The molecule has 0 atom stereocenters. The molecule has 0 unspecified atom stereocenters. The summed E-state index contributed by atoms with van der Waals surface area (Å²) in [6.07, 6.45) is 4.03. The van der Waals surface area contributed by atoms with E-state index < -0.39 is 10.0 Å². The van der Waals surface area contributed by atoms with Gasteiger partial charge in [-0.25, -0.2) is 18.5 Å². The van der Waals surface area contributed by atoms with E-state index in [2.05, 4.69) is 10.3 Å². The zero-order chi connectivity index (χ0) is 16.2. The summed E-state index contributed by atoms with van der Waals surface area (Å²) in [4.78, 5) is 16.7. The Balaban J connectivity index is 1.77. The fourth-order valence-corrected chi connectivity index (χ4v) is 4.01. The third-order valence-electron chi connectivity index (χ3n) is 3.86. The fraction of sp³-hybridized carbons (Fsp3) is 0.200. The van der Waals surface area contributed by atoms with E-state index in [1.54, 1.807) is 23.5 Å². The molecule has 1 aromatic heterocycles. The first-order chi connectivity index (χ1) is 10.9. The second kappa shape index (κ2) is 4.98. The van der Waals surface area contributed by atoms with Gasteiger partial charge < -0.3 is 5.32 Å². The van der Waals surface area contributed by atoms with Crippen molar-refractivity contribution in [1.82, 2.24) is 4.98 Å². The van der Waals surface area contributed by atoms with Crippen molar-refractivity contribution in [3.05, 3.63) is 39.8 Å². The van der Waals surface area contributed by atoms with Crippen molar-refractivity contribution in [3.63, 3.8) is 0 Å². The number of nitrogens with zero attached hydrogens (tertiary/aromatic N) is 1. The van der Waals surface area contributed by atoms with E-state index in [9.17, 15) is 13.2 Å². The highest BCUT2D eigenvalue weighted by molar-refractivity contribution is 7.89. The number of hydrogen-bond acceptors (Lipinski definition) is 5. The molecule has 2 aromatic rings. The number of anilines is 1. The molecule has 1 aliphatic heterocycles. The van der Waals surface area contributed by atoms with Crippen LogP contribution in [0.25, 0.3) is 11.6 Å². The lowest BCUT2D eigenvalue weighted by Crippen LogP contribution is -2.12. The Bertz CT molecular complexity index is 956. The Kier molecular flexibility index (Phi) is 3.15. The van der Waals surface area contributed by atoms with Gasteiger partial charge in [0.15, 0.2) is 0 Å². The third kappa shape index (κ3) is 2.69. The molecule has 1 amide bonds. The molecule has 0 radical (unpaired) electrons. The zero-order valence-electron chi connectivity index (χ0n) is 11.9. The standard InChI is InChI=1S/C15H13N3O3S2/c16-23(20,21)10-3-4-13-11(6-10)12(14(19)18-13)5-9-7-22-15(17-9)8-1-2-8/h3-8H,1-2H2,(H,18,19)(H2,16,20,21)/b12-5+. The van der Waals surface area contributed by atoms with Crippen LogP contribution < -0.4 is 10.5 Å². The van der Waals surface area contributed by atoms with E-state index >= 15 is 0 Å². The molecule has 2 aliphatic rings. The van der Waals surface area contributed by atoms with Gasteiger partial charge in [0.25, 0.3) is 5.91 Å². The van der Waals surface area contributed by atoms with Gasteiger partial charge in [0.1, 0.15) is 0 Å². The molecule has 1 saturated carbocycles. The molecule has 23 heavy (non-hydrogen) atoms. The molecule has 8 heteroatoms. The maximum absolute atomic E-state index is 12.2. The molecule has 118 valence electrons. The summed E-state index contributed by atoms with van der Waals surface area (Å²) in [6.45, 7) is 0. The Hall–Kier alpha value is -2.03. The van der Waals surface area contributed by atoms with Crippen LogP contribution in [-0.4, -0.2) is 19.3 Å². The number of primary sulfonamides is 1. The molecular weight excluding hydrogens is 334 g/mol. The van der Waals surface area contributed by atoms with Crippen LogP contribution in [-0.2, 0) is 14.8 Å². The number of nitrogens with two attached hydrogens (primary N) is 1. The molecule has 3 N–H and O–H groups in total. The lowest BCUT2D eigenvalue weighted by Gasteiger charge is -2.02. The summed E-state index contributed by atoms with van der Waals surface area (Å²) >= 11 is 1.59. The second-order valence-corrected chi connectivity index (χ2v) is 8.10. The Morgan fingerprint density at radius 1 is 1.35 bits per heavy atom. The predicted octanol–water partition coefficient (Wildman–Crippen LogP) is 2.16. The Morgan fingerprint density at radius 3 is 2.83 bits per heavy atom. The van der Waals surface area contributed by atoms with Crippen molar-refractivity contribution in [3.8, 4) is 0 Å². The summed E-state index contributed by atoms with van der Waals surface area (Å²) in [7, 11) is -3.82. The van der Waals surface area contributed by atoms with E-state index in [1.165, 1.54) is 25.0 Å². The van der Waals surface area contributed by atoms with Crippen molar-refractivity contribution in [1.29, 1.82) is 0 Å². The minimum absolute atomic E-state index is 0.0180. The number of rotatable bonds is 3. The van der Waals surface area contributed by atoms with Gasteiger partial charge in [0.05, 0.1) is 21.2 Å². The van der Waals surface area contributed by atoms with Crippen LogP contribution in [0.1, 0.15) is 35.0 Å². The summed E-state index contributed by atoms with van der Waals surface area (Å²) in [5, 5.41) is 10.9. The van der Waals surface area contributed by atoms with E-state index in [4.69, 9.17) is 5.14 Å². The Morgan fingerprint density at radius 2 is 2.13 bits per heavy atom. The lowest BCUT2D eigenvalue weighted by atomic mass is 10.1. The summed E-state index contributed by atoms with van der Waals surface area (Å²) in [6, 6.07) is 4.35. The highest BCUT2D eigenvalue weighted by Gasteiger charge is 2.28. The van der Waals surface area contributed by atoms with Gasteiger partial charge in [-0.1, -0.05) is 0 Å². The average molecular weight is 347 g/mol. The van der Waals surface area contributed by atoms with Gasteiger partial charge in [-0.05, 0) is 37.1 Å². The van der Waals surface area contributed by atoms with Crippen LogP contribution in [0, 0.1) is 0 Å². The van der Waals surface area contributed by atoms with Gasteiger partial charge in [0, 0.05) is 22.5 Å². The maximum atomic E-state index is 12.2. The molecule has 0 bridgehead atoms. The van der Waals surface area contributed by atoms with Crippen LogP contribution in [0.3, 0.4) is 0 Å². The third-order valence-corrected chi connectivity index (χ3v) is 5.80. The molecule has 0 spiro atoms. The van der Waals surface area contributed by atoms with Crippen molar-refractivity contribution in [2.45, 2.75) is 23.7 Å². The van der Waals surface area contributed by atoms with Crippen LogP contribution in [0.15, 0.2) is 28.5 Å². The van der Waals surface area contributed by atoms with Crippen molar-refractivity contribution in [2.24, 2.45) is 5.14 Å². The first-order valence-electron chi connectivity index (χ1n) is 7.07. The molecule has 1 aliphatic carbocycles. The first-order valence-corrected chi connectivity index (χ1v) is 9.50. The quantitative estimate of drug-likeness (QED) is 0.831. The van der Waals surface area contributed by atoms with E-state index in [0.29, 0.717) is 22.7 Å². The van der Waals surface area contributed by atoms with E-state index in [1.807, 2.05) is 5.38 Å². The van der Waals surface area contributed by atoms with Crippen LogP contribution in [0.2, 0.25) is 0 Å². The van der Waals surface area contributed by atoms with Gasteiger partial charge in [0.2, 0.25) is 10.0 Å². The SMILES string of the molecule is NS(=O)(=O)c1ccc2c(c1)/C(=C\c1csc(C3CC3)n1)C(=O)N2. The smallest absolute Gasteiger partial charge is 0.256 e. The van der Waals surface area contributed by atoms with E-state index in [0.717, 1.165) is 10.7 Å². The molecule has 1 aromatic carbocycles. The topological polar surface area (TPSA) is 102 Å². The first kappa shape index (κ1) is 14.6. The number of fused-ring (bicyclic) bond motifs is 1. The maximum Gasteiger partial charge on any atom is 0.256 e. The van der Waals surface area contributed by atoms with Crippen molar-refractivity contribution >= 4 is 44.6 Å². The molecule has 0 saturated heterocycles. The lowest BCUT2D eigenvalue weighted by molar-refractivity contribution is -0.110. The number of nitrogens with one attached hydrogen (secondary N) is 1. The number of amides is 1. The largest absolute Gasteiger partial charge is 0.321 e. The number of sulfonamides is 1. The number of thiazole rings is 1. The monoisotopic (exact) mass is 347 g/mol. The minimum Gasteiger partial charge on any atom is -0.321 e. The highest BCUT2D eigenvalue weighted by atomic mass is 32.2. The molecule has 6 nitrogen and oxygen atoms in total. The minimum atomic E-state index is -3.82. The van der Waals surface area contributed by atoms with Crippen LogP contribution >= 0.6 is 11.3 Å². The molecule has 2 heterocycles. The summed E-state index contributed by atoms with van der Waals surface area (Å²) in [5.74, 6) is 0.290. The Labute approximate surface area is 137 Å². The van der Waals surface area contributed by atoms with Crippen LogP contribution in [0.5, 0.6) is 0 Å². The zero-order valence-corrected chi connectivity index (χ0v) is 13.6. The number of carbonyl (C=O) groups is 1. The molecule has 1 fully saturated rings. The van der Waals surface area contributed by atoms with Crippen LogP contribution in [0.4, 0.5) is 5.69 Å². The fourth-order valence-electron chi connectivity index (χ4n) is 2.52. The van der Waals surface area contributed by atoms with E-state index in [-0.39, 0.29) is 10.8 Å². The number of aromatic nitrogens is 1. The number of hydrogen-bond donors (Lipinski definition) is 2. The normalized spacial score (nSPS) is 19.0. The second-order valence-electron chi connectivity index (χ2n) is 5.65. The van der Waals surface area contributed by atoms with Gasteiger partial charge in [-0.2, -0.15) is 0 Å². The molecular formula is C15H13N3O3S2. The van der Waals surface area contributed by atoms with Gasteiger partial charge in [-0.3, -0.25) is 4.79 Å². The predicted molar refractivity (Wildman–Crippen MR) is 88.4 cm³/mol. The summed E-state index contributed by atoms with van der Waals surface area (Å²) in [5.41, 5.74) is 2.22. The number of carbonyl (C=O) groups excluding carboxylic acids is 1.